The number of hydrogen-bond acceptors (Lipinski definition) is 5. The molecule has 0 spiro atoms. The smallest absolute Gasteiger partial charge is 0.195 e. The van der Waals surface area contributed by atoms with E-state index in [0.717, 1.165) is 35.5 Å². The molecule has 1 aliphatic heterocycles. The van der Waals surface area contributed by atoms with Crippen LogP contribution in [0, 0.1) is 5.82 Å². The van der Waals surface area contributed by atoms with Crippen LogP contribution in [0.4, 0.5) is 10.1 Å². The molecule has 1 heterocycles. The normalized spacial score (nSPS) is 13.3. The van der Waals surface area contributed by atoms with Crippen molar-refractivity contribution >= 4 is 11.6 Å². The zero-order valence-corrected chi connectivity index (χ0v) is 18.1. The highest BCUT2D eigenvalue weighted by Crippen LogP contribution is 2.29. The summed E-state index contributed by atoms with van der Waals surface area (Å²) in [6, 6.07) is 10.7. The van der Waals surface area contributed by atoms with Gasteiger partial charge in [0, 0.05) is 50.5 Å². The van der Waals surface area contributed by atoms with Crippen molar-refractivity contribution in [1.82, 2.24) is 5.32 Å². The number of fused-ring (bicyclic) bond motifs is 1. The molecule has 7 nitrogen and oxygen atoms in total. The summed E-state index contributed by atoms with van der Waals surface area (Å²) in [5.41, 5.74) is 2.40. The van der Waals surface area contributed by atoms with Crippen LogP contribution in [0.3, 0.4) is 0 Å². The number of methoxy groups -OCH3 is 1. The number of guanidine groups is 1. The van der Waals surface area contributed by atoms with Crippen molar-refractivity contribution in [3.8, 4) is 11.5 Å². The van der Waals surface area contributed by atoms with Crippen LogP contribution in [0.1, 0.15) is 24.5 Å². The molecule has 0 amide bonds. The average Bonchev–Trinajstić information content (AvgIpc) is 2.77. The molecule has 1 aliphatic rings. The molecule has 2 N–H and O–H groups in total. The number of aliphatic imine (C=N–C) groups is 1. The van der Waals surface area contributed by atoms with E-state index in [1.165, 1.54) is 12.1 Å². The van der Waals surface area contributed by atoms with Crippen LogP contribution >= 0.6 is 0 Å². The average molecular weight is 432 g/mol. The van der Waals surface area contributed by atoms with Crippen molar-refractivity contribution in [2.75, 3.05) is 45.5 Å². The number of ether oxygens (including phenoxy) is 4. The summed E-state index contributed by atoms with van der Waals surface area (Å²) in [7, 11) is 1.68. The van der Waals surface area contributed by atoms with Gasteiger partial charge in [0.15, 0.2) is 12.8 Å². The van der Waals surface area contributed by atoms with Gasteiger partial charge in [-0.1, -0.05) is 6.07 Å². The van der Waals surface area contributed by atoms with Gasteiger partial charge < -0.3 is 29.6 Å². The summed E-state index contributed by atoms with van der Waals surface area (Å²) < 4.78 is 35.5. The Morgan fingerprint density at radius 3 is 2.97 bits per heavy atom. The van der Waals surface area contributed by atoms with Gasteiger partial charge in [-0.25, -0.2) is 4.39 Å². The fourth-order valence-electron chi connectivity index (χ4n) is 3.23. The van der Waals surface area contributed by atoms with E-state index in [-0.39, 0.29) is 12.6 Å². The van der Waals surface area contributed by atoms with Gasteiger partial charge in [-0.2, -0.15) is 0 Å². The fourth-order valence-corrected chi connectivity index (χ4v) is 3.23. The quantitative estimate of drug-likeness (QED) is 0.339. The molecule has 0 unspecified atom stereocenters. The first-order valence-corrected chi connectivity index (χ1v) is 10.5. The third kappa shape index (κ3) is 7.11. The lowest BCUT2D eigenvalue weighted by Crippen LogP contribution is -2.31. The van der Waals surface area contributed by atoms with E-state index in [0.29, 0.717) is 44.5 Å². The van der Waals surface area contributed by atoms with Crippen LogP contribution in [0.25, 0.3) is 0 Å². The third-order valence-corrected chi connectivity index (χ3v) is 4.61. The van der Waals surface area contributed by atoms with Crippen LogP contribution in [0.15, 0.2) is 41.4 Å². The molecule has 2 aromatic carbocycles. The summed E-state index contributed by atoms with van der Waals surface area (Å²) in [6.07, 6.45) is 1.39. The Balaban J connectivity index is 1.62. The Hall–Kier alpha value is -2.84. The zero-order chi connectivity index (χ0) is 21.9. The SMILES string of the molecule is CCNC(=NCCc1cc(F)cc2c1OCOC2)Nc1cccc(OCCCOC)c1. The highest BCUT2D eigenvalue weighted by atomic mass is 19.1. The van der Waals surface area contributed by atoms with Gasteiger partial charge in [0.25, 0.3) is 0 Å². The molecule has 0 aromatic heterocycles. The van der Waals surface area contributed by atoms with Gasteiger partial charge >= 0.3 is 0 Å². The summed E-state index contributed by atoms with van der Waals surface area (Å²) in [5, 5.41) is 6.52. The molecule has 0 saturated heterocycles. The Labute approximate surface area is 182 Å². The molecule has 3 rings (SSSR count). The fraction of sp³-hybridized carbons (Fsp3) is 0.435. The van der Waals surface area contributed by atoms with E-state index < -0.39 is 0 Å². The minimum absolute atomic E-state index is 0.184. The number of rotatable bonds is 10. The Bertz CT molecular complexity index is 876. The van der Waals surface area contributed by atoms with Gasteiger partial charge in [-0.05, 0) is 43.2 Å². The highest BCUT2D eigenvalue weighted by molar-refractivity contribution is 5.93. The molecular formula is C23H30FN3O4. The molecule has 0 aliphatic carbocycles. The number of nitrogens with zero attached hydrogens (tertiary/aromatic N) is 1. The molecule has 8 heteroatoms. The second-order valence-electron chi connectivity index (χ2n) is 7.02. The van der Waals surface area contributed by atoms with E-state index in [2.05, 4.69) is 15.6 Å². The lowest BCUT2D eigenvalue weighted by atomic mass is 10.1. The zero-order valence-electron chi connectivity index (χ0n) is 18.1. The second kappa shape index (κ2) is 12.1. The van der Waals surface area contributed by atoms with Crippen molar-refractivity contribution < 1.29 is 23.3 Å². The standard InChI is InChI=1S/C23H30FN3O4/c1-3-25-23(27-20-6-4-7-21(14-20)30-11-5-10-28-2)26-9-8-17-12-19(24)13-18-15-29-16-31-22(17)18/h4,6-7,12-14H,3,5,8-11,15-16H2,1-2H3,(H2,25,26,27). The van der Waals surface area contributed by atoms with Gasteiger partial charge in [0.2, 0.25) is 0 Å². The number of benzene rings is 2. The minimum atomic E-state index is -0.292. The monoisotopic (exact) mass is 431 g/mol. The Morgan fingerprint density at radius 2 is 2.13 bits per heavy atom. The summed E-state index contributed by atoms with van der Waals surface area (Å²) in [5.74, 6) is 1.84. The van der Waals surface area contributed by atoms with Crippen LogP contribution < -0.4 is 20.1 Å². The van der Waals surface area contributed by atoms with E-state index in [1.807, 2.05) is 31.2 Å². The lowest BCUT2D eigenvalue weighted by Gasteiger charge is -2.20. The molecular weight excluding hydrogens is 401 g/mol. The number of halogens is 1. The first-order valence-electron chi connectivity index (χ1n) is 10.5. The molecule has 0 saturated carbocycles. The predicted octanol–water partition coefficient (Wildman–Crippen LogP) is 3.73. The minimum Gasteiger partial charge on any atom is -0.493 e. The molecule has 168 valence electrons. The molecule has 0 atom stereocenters. The molecule has 0 bridgehead atoms. The lowest BCUT2D eigenvalue weighted by molar-refractivity contribution is -0.0172. The van der Waals surface area contributed by atoms with Crippen LogP contribution in [0.5, 0.6) is 11.5 Å². The Kier molecular flexibility index (Phi) is 8.93. The maximum Gasteiger partial charge on any atom is 0.195 e. The number of anilines is 1. The van der Waals surface area contributed by atoms with Gasteiger partial charge in [-0.15, -0.1) is 0 Å². The van der Waals surface area contributed by atoms with Crippen molar-refractivity contribution in [2.24, 2.45) is 4.99 Å². The summed E-state index contributed by atoms with van der Waals surface area (Å²) in [4.78, 5) is 4.63. The second-order valence-corrected chi connectivity index (χ2v) is 7.02. The maximum absolute atomic E-state index is 13.9. The van der Waals surface area contributed by atoms with E-state index >= 15 is 0 Å². The van der Waals surface area contributed by atoms with Crippen molar-refractivity contribution in [3.63, 3.8) is 0 Å². The summed E-state index contributed by atoms with van der Waals surface area (Å²) >= 11 is 0. The van der Waals surface area contributed by atoms with Crippen LogP contribution in [-0.4, -0.2) is 46.2 Å². The van der Waals surface area contributed by atoms with Crippen LogP contribution in [0.2, 0.25) is 0 Å². The third-order valence-electron chi connectivity index (χ3n) is 4.61. The molecule has 2 aromatic rings. The topological polar surface area (TPSA) is 73.3 Å². The largest absolute Gasteiger partial charge is 0.493 e. The number of nitrogens with one attached hydrogen (secondary N) is 2. The van der Waals surface area contributed by atoms with Crippen molar-refractivity contribution in [2.45, 2.75) is 26.4 Å². The van der Waals surface area contributed by atoms with E-state index in [4.69, 9.17) is 18.9 Å². The predicted molar refractivity (Wildman–Crippen MR) is 118 cm³/mol. The molecule has 31 heavy (non-hydrogen) atoms. The first kappa shape index (κ1) is 22.8. The molecule has 0 radical (unpaired) electrons. The van der Waals surface area contributed by atoms with Crippen molar-refractivity contribution in [1.29, 1.82) is 0 Å². The van der Waals surface area contributed by atoms with E-state index in [1.54, 1.807) is 7.11 Å². The van der Waals surface area contributed by atoms with E-state index in [9.17, 15) is 4.39 Å². The van der Waals surface area contributed by atoms with Crippen molar-refractivity contribution in [3.05, 3.63) is 53.3 Å². The maximum atomic E-state index is 13.9. The molecule has 0 fully saturated rings. The first-order chi connectivity index (χ1) is 15.2. The Morgan fingerprint density at radius 1 is 1.23 bits per heavy atom. The summed E-state index contributed by atoms with van der Waals surface area (Å²) in [6.45, 7) is 5.00. The number of hydrogen-bond donors (Lipinski definition) is 2. The van der Waals surface area contributed by atoms with Gasteiger partial charge in [0.1, 0.15) is 17.3 Å². The van der Waals surface area contributed by atoms with Crippen LogP contribution in [-0.2, 0) is 22.5 Å². The van der Waals surface area contributed by atoms with Gasteiger partial charge in [-0.3, -0.25) is 4.99 Å². The van der Waals surface area contributed by atoms with Gasteiger partial charge in [0.05, 0.1) is 13.2 Å². The highest BCUT2D eigenvalue weighted by Gasteiger charge is 2.16.